The molecule has 0 bridgehead atoms. The van der Waals surface area contributed by atoms with E-state index in [0.717, 1.165) is 25.3 Å². The van der Waals surface area contributed by atoms with Crippen molar-refractivity contribution in [3.05, 3.63) is 66.1 Å². The molecule has 0 aliphatic heterocycles. The Morgan fingerprint density at radius 3 is 2.60 bits per heavy atom. The Balaban J connectivity index is 1.49. The highest BCUT2D eigenvalue weighted by atomic mass is 19.1. The third-order valence-corrected chi connectivity index (χ3v) is 5.86. The molecular weight excluding hydrogens is 447 g/mol. The summed E-state index contributed by atoms with van der Waals surface area (Å²) >= 11 is 0. The van der Waals surface area contributed by atoms with Crippen LogP contribution in [-0.2, 0) is 0 Å². The molecule has 1 amide bonds. The van der Waals surface area contributed by atoms with Crippen LogP contribution in [0.25, 0.3) is 22.4 Å². The summed E-state index contributed by atoms with van der Waals surface area (Å²) in [5.41, 5.74) is 2.92. The molecule has 3 N–H and O–H groups in total. The largest absolute Gasteiger partial charge is 0.494 e. The van der Waals surface area contributed by atoms with Crippen LogP contribution in [-0.4, -0.2) is 59.0 Å². The standard InChI is InChI=1S/C26H29FN6O2/c1-4-33(5-2)16-15-29-26(34)17-9-11-18(12-10-17)30-25-23-20(13-14-28-25)31-24(32-23)19-7-6-8-21(35-3)22(19)27/h6-14H,4-5,15-16H2,1-3H3,(H,28,30)(H,29,34)(H,31,32). The lowest BCUT2D eigenvalue weighted by Gasteiger charge is -2.18. The highest BCUT2D eigenvalue weighted by Gasteiger charge is 2.16. The number of imidazole rings is 1. The van der Waals surface area contributed by atoms with Crippen LogP contribution in [0.3, 0.4) is 0 Å². The van der Waals surface area contributed by atoms with E-state index in [1.807, 2.05) is 12.1 Å². The van der Waals surface area contributed by atoms with Gasteiger partial charge in [-0.25, -0.2) is 14.4 Å². The van der Waals surface area contributed by atoms with Crippen LogP contribution < -0.4 is 15.4 Å². The monoisotopic (exact) mass is 476 g/mol. The predicted molar refractivity (Wildman–Crippen MR) is 136 cm³/mol. The maximum Gasteiger partial charge on any atom is 0.251 e. The van der Waals surface area contributed by atoms with Gasteiger partial charge < -0.3 is 25.3 Å². The molecule has 0 aliphatic rings. The molecule has 0 aliphatic carbocycles. The number of halogens is 1. The second kappa shape index (κ2) is 11.0. The van der Waals surface area contributed by atoms with Gasteiger partial charge in [0.15, 0.2) is 17.4 Å². The van der Waals surface area contributed by atoms with E-state index in [0.29, 0.717) is 40.3 Å². The number of hydrogen-bond donors (Lipinski definition) is 3. The summed E-state index contributed by atoms with van der Waals surface area (Å²) in [7, 11) is 1.42. The summed E-state index contributed by atoms with van der Waals surface area (Å²) in [5, 5.41) is 6.19. The fourth-order valence-corrected chi connectivity index (χ4v) is 3.82. The average molecular weight is 477 g/mol. The molecule has 2 aromatic heterocycles. The number of carbonyl (C=O) groups excluding carboxylic acids is 1. The quantitative estimate of drug-likeness (QED) is 0.310. The normalized spacial score (nSPS) is 11.1. The Bertz CT molecular complexity index is 1300. The lowest BCUT2D eigenvalue weighted by Crippen LogP contribution is -2.34. The zero-order valence-electron chi connectivity index (χ0n) is 20.1. The van der Waals surface area contributed by atoms with Crippen molar-refractivity contribution in [1.29, 1.82) is 0 Å². The molecule has 4 rings (SSSR count). The van der Waals surface area contributed by atoms with Gasteiger partial charge in [-0.1, -0.05) is 19.9 Å². The van der Waals surface area contributed by atoms with E-state index in [4.69, 9.17) is 4.74 Å². The summed E-state index contributed by atoms with van der Waals surface area (Å²) < 4.78 is 19.8. The smallest absolute Gasteiger partial charge is 0.251 e. The van der Waals surface area contributed by atoms with Gasteiger partial charge in [0, 0.05) is 30.5 Å². The van der Waals surface area contributed by atoms with Crippen molar-refractivity contribution in [3.63, 3.8) is 0 Å². The topological polar surface area (TPSA) is 95.2 Å². The van der Waals surface area contributed by atoms with Crippen LogP contribution >= 0.6 is 0 Å². The Kier molecular flexibility index (Phi) is 7.57. The van der Waals surface area contributed by atoms with Crippen molar-refractivity contribution in [2.75, 3.05) is 38.6 Å². The zero-order chi connectivity index (χ0) is 24.8. The number of carbonyl (C=O) groups is 1. The van der Waals surface area contributed by atoms with Gasteiger partial charge in [0.25, 0.3) is 5.91 Å². The first-order valence-corrected chi connectivity index (χ1v) is 11.6. The minimum Gasteiger partial charge on any atom is -0.494 e. The molecule has 0 spiro atoms. The number of benzene rings is 2. The highest BCUT2D eigenvalue weighted by Crippen LogP contribution is 2.30. The fourth-order valence-electron chi connectivity index (χ4n) is 3.82. The maximum absolute atomic E-state index is 14.7. The van der Waals surface area contributed by atoms with E-state index in [2.05, 4.69) is 44.3 Å². The van der Waals surface area contributed by atoms with Crippen molar-refractivity contribution in [3.8, 4) is 17.1 Å². The molecule has 0 saturated carbocycles. The Hall–Kier alpha value is -3.98. The lowest BCUT2D eigenvalue weighted by atomic mass is 10.2. The third-order valence-electron chi connectivity index (χ3n) is 5.86. The summed E-state index contributed by atoms with van der Waals surface area (Å²) in [6.07, 6.45) is 1.65. The summed E-state index contributed by atoms with van der Waals surface area (Å²) in [6.45, 7) is 7.54. The summed E-state index contributed by atoms with van der Waals surface area (Å²) in [6, 6.07) is 13.8. The Morgan fingerprint density at radius 1 is 1.11 bits per heavy atom. The SMILES string of the molecule is CCN(CC)CCNC(=O)c1ccc(Nc2nccc3[nH]c(-c4cccc(OC)c4F)nc23)cc1. The van der Waals surface area contributed by atoms with E-state index in [1.165, 1.54) is 7.11 Å². The number of rotatable bonds is 10. The molecule has 182 valence electrons. The number of anilines is 2. The molecule has 0 fully saturated rings. The number of nitrogens with one attached hydrogen (secondary N) is 3. The molecule has 9 heteroatoms. The Morgan fingerprint density at radius 2 is 1.89 bits per heavy atom. The van der Waals surface area contributed by atoms with Gasteiger partial charge in [0.1, 0.15) is 11.3 Å². The van der Waals surface area contributed by atoms with Gasteiger partial charge in [-0.15, -0.1) is 0 Å². The van der Waals surface area contributed by atoms with Crippen molar-refractivity contribution in [1.82, 2.24) is 25.2 Å². The van der Waals surface area contributed by atoms with E-state index in [1.54, 1.807) is 42.6 Å². The number of H-pyrrole nitrogens is 1. The maximum atomic E-state index is 14.7. The number of likely N-dealkylation sites (N-methyl/N-ethyl adjacent to an activating group) is 1. The average Bonchev–Trinajstić information content (AvgIpc) is 3.32. The van der Waals surface area contributed by atoms with Crippen LogP contribution in [0.5, 0.6) is 5.75 Å². The van der Waals surface area contributed by atoms with Gasteiger partial charge in [0.2, 0.25) is 0 Å². The molecule has 0 atom stereocenters. The lowest BCUT2D eigenvalue weighted by molar-refractivity contribution is 0.0949. The number of hydrogen-bond acceptors (Lipinski definition) is 6. The molecule has 0 saturated heterocycles. The molecule has 4 aromatic rings. The van der Waals surface area contributed by atoms with Crippen LogP contribution in [0.15, 0.2) is 54.7 Å². The molecule has 8 nitrogen and oxygen atoms in total. The van der Waals surface area contributed by atoms with Crippen molar-refractivity contribution >= 4 is 28.4 Å². The van der Waals surface area contributed by atoms with E-state index in [9.17, 15) is 9.18 Å². The van der Waals surface area contributed by atoms with Crippen LogP contribution in [0.2, 0.25) is 0 Å². The molecular formula is C26H29FN6O2. The predicted octanol–water partition coefficient (Wildman–Crippen LogP) is 4.59. The van der Waals surface area contributed by atoms with Gasteiger partial charge in [-0.05, 0) is 55.6 Å². The Labute approximate surface area is 203 Å². The number of amides is 1. The summed E-state index contributed by atoms with van der Waals surface area (Å²) in [5.74, 6) is 0.453. The first-order valence-electron chi connectivity index (χ1n) is 11.6. The number of aromatic amines is 1. The first-order chi connectivity index (χ1) is 17.0. The molecule has 0 radical (unpaired) electrons. The van der Waals surface area contributed by atoms with Crippen LogP contribution in [0.4, 0.5) is 15.9 Å². The minimum atomic E-state index is -0.484. The van der Waals surface area contributed by atoms with E-state index < -0.39 is 5.82 Å². The highest BCUT2D eigenvalue weighted by molar-refractivity contribution is 5.95. The van der Waals surface area contributed by atoms with Crippen molar-refractivity contribution < 1.29 is 13.9 Å². The number of nitrogens with zero attached hydrogens (tertiary/aromatic N) is 3. The summed E-state index contributed by atoms with van der Waals surface area (Å²) in [4.78, 5) is 26.8. The number of aromatic nitrogens is 3. The number of fused-ring (bicyclic) bond motifs is 1. The van der Waals surface area contributed by atoms with Crippen LogP contribution in [0, 0.1) is 5.82 Å². The van der Waals surface area contributed by atoms with Gasteiger partial charge >= 0.3 is 0 Å². The minimum absolute atomic E-state index is 0.110. The van der Waals surface area contributed by atoms with Crippen molar-refractivity contribution in [2.24, 2.45) is 0 Å². The molecule has 2 aromatic carbocycles. The first kappa shape index (κ1) is 24.2. The van der Waals surface area contributed by atoms with Crippen molar-refractivity contribution in [2.45, 2.75) is 13.8 Å². The molecule has 35 heavy (non-hydrogen) atoms. The van der Waals surface area contributed by atoms with E-state index >= 15 is 0 Å². The zero-order valence-corrected chi connectivity index (χ0v) is 20.1. The number of ether oxygens (including phenoxy) is 1. The van der Waals surface area contributed by atoms with Gasteiger partial charge in [-0.2, -0.15) is 0 Å². The van der Waals surface area contributed by atoms with Gasteiger partial charge in [0.05, 0.1) is 18.2 Å². The van der Waals surface area contributed by atoms with Crippen LogP contribution in [0.1, 0.15) is 24.2 Å². The number of methoxy groups -OCH3 is 1. The second-order valence-electron chi connectivity index (χ2n) is 7.95. The molecule has 0 unspecified atom stereocenters. The third kappa shape index (κ3) is 5.41. The second-order valence-corrected chi connectivity index (χ2v) is 7.95. The van der Waals surface area contributed by atoms with E-state index in [-0.39, 0.29) is 11.7 Å². The fraction of sp³-hybridized carbons (Fsp3) is 0.269. The molecule has 2 heterocycles. The number of pyridine rings is 1. The van der Waals surface area contributed by atoms with Gasteiger partial charge in [-0.3, -0.25) is 4.79 Å².